The summed E-state index contributed by atoms with van der Waals surface area (Å²) in [6.07, 6.45) is 5.87. The Morgan fingerprint density at radius 2 is 1.85 bits per heavy atom. The van der Waals surface area contributed by atoms with Crippen molar-refractivity contribution in [3.8, 4) is 0 Å². The second kappa shape index (κ2) is 4.26. The van der Waals surface area contributed by atoms with Gasteiger partial charge in [0, 0.05) is 12.1 Å². The monoisotopic (exact) mass is 275 g/mol. The van der Waals surface area contributed by atoms with Crippen LogP contribution in [0.25, 0.3) is 0 Å². The molecule has 0 radical (unpaired) electrons. The zero-order chi connectivity index (χ0) is 14.1. The van der Waals surface area contributed by atoms with Gasteiger partial charge in [0.15, 0.2) is 0 Å². The highest BCUT2D eigenvalue weighted by atomic mass is 16.5. The van der Waals surface area contributed by atoms with E-state index in [1.54, 1.807) is 0 Å². The summed E-state index contributed by atoms with van der Waals surface area (Å²) in [6.45, 7) is 11.7. The molecule has 4 atom stereocenters. The van der Waals surface area contributed by atoms with E-state index in [1.165, 1.54) is 33.0 Å². The fourth-order valence-corrected chi connectivity index (χ4v) is 6.29. The summed E-state index contributed by atoms with van der Waals surface area (Å²) >= 11 is 0. The van der Waals surface area contributed by atoms with Gasteiger partial charge in [-0.25, -0.2) is 0 Å². The Kier molecular flexibility index (Phi) is 2.90. The average Bonchev–Trinajstić information content (AvgIpc) is 2.46. The standard InChI is InChI=1S/C17H30BNO/c1-11(2)17-6-5-15-13(14(8-17)18-17)7-16(9-20-10-16)19(15)12(3)4/h11-15,18H,5-10H2,1-4H3. The first-order valence-electron chi connectivity index (χ1n) is 8.84. The lowest BCUT2D eigenvalue weighted by molar-refractivity contribution is -0.141. The zero-order valence-electron chi connectivity index (χ0n) is 13.7. The van der Waals surface area contributed by atoms with Crippen molar-refractivity contribution in [3.05, 3.63) is 0 Å². The molecule has 0 aromatic rings. The van der Waals surface area contributed by atoms with Crippen molar-refractivity contribution >= 4 is 7.28 Å². The molecule has 4 saturated heterocycles. The van der Waals surface area contributed by atoms with E-state index in [0.29, 0.717) is 16.9 Å². The smallest absolute Gasteiger partial charge is 0.132 e. The van der Waals surface area contributed by atoms with Crippen molar-refractivity contribution in [1.29, 1.82) is 0 Å². The molecule has 0 aromatic carbocycles. The molecular formula is C17H30BNO. The van der Waals surface area contributed by atoms with Gasteiger partial charge in [0.25, 0.3) is 0 Å². The van der Waals surface area contributed by atoms with Crippen molar-refractivity contribution in [2.24, 2.45) is 11.8 Å². The summed E-state index contributed by atoms with van der Waals surface area (Å²) in [6, 6.07) is 1.53. The Bertz CT molecular complexity index is 398. The van der Waals surface area contributed by atoms with Crippen LogP contribution in [-0.2, 0) is 4.74 Å². The van der Waals surface area contributed by atoms with E-state index in [1.807, 2.05) is 0 Å². The number of hydrogen-bond donors (Lipinski definition) is 0. The van der Waals surface area contributed by atoms with Gasteiger partial charge in [-0.2, -0.15) is 0 Å². The molecule has 2 bridgehead atoms. The first-order valence-corrected chi connectivity index (χ1v) is 8.84. The second-order valence-electron chi connectivity index (χ2n) is 8.88. The van der Waals surface area contributed by atoms with Crippen LogP contribution in [0.3, 0.4) is 0 Å². The van der Waals surface area contributed by atoms with Crippen molar-refractivity contribution in [2.45, 2.75) is 82.1 Å². The van der Waals surface area contributed by atoms with Crippen molar-refractivity contribution < 1.29 is 4.74 Å². The van der Waals surface area contributed by atoms with Crippen LogP contribution in [0.5, 0.6) is 0 Å². The van der Waals surface area contributed by atoms with E-state index >= 15 is 0 Å². The lowest BCUT2D eigenvalue weighted by Gasteiger charge is -2.51. The molecule has 4 aliphatic heterocycles. The highest BCUT2D eigenvalue weighted by Gasteiger charge is 2.63. The summed E-state index contributed by atoms with van der Waals surface area (Å²) in [5.74, 6) is 2.87. The second-order valence-corrected chi connectivity index (χ2v) is 8.88. The first-order chi connectivity index (χ1) is 9.47. The maximum atomic E-state index is 5.64. The minimum atomic E-state index is 0.428. The van der Waals surface area contributed by atoms with Crippen molar-refractivity contribution in [2.75, 3.05) is 13.2 Å². The Labute approximate surface area is 124 Å². The van der Waals surface area contributed by atoms with E-state index in [9.17, 15) is 0 Å². The third-order valence-electron chi connectivity index (χ3n) is 7.42. The minimum absolute atomic E-state index is 0.428. The van der Waals surface area contributed by atoms with Crippen LogP contribution in [-0.4, -0.2) is 43.0 Å². The van der Waals surface area contributed by atoms with Crippen molar-refractivity contribution in [3.63, 3.8) is 0 Å². The SMILES string of the molecule is CC(C)N1C2CCC3(C(C)C)BC(C3)C2CC12COC2. The van der Waals surface area contributed by atoms with Gasteiger partial charge in [0.2, 0.25) is 0 Å². The molecule has 1 spiro atoms. The number of ether oxygens (including phenoxy) is 1. The normalized spacial score (nSPS) is 45.8. The Morgan fingerprint density at radius 1 is 1.15 bits per heavy atom. The molecule has 3 heteroatoms. The molecule has 4 unspecified atom stereocenters. The highest BCUT2D eigenvalue weighted by molar-refractivity contribution is 6.46. The maximum absolute atomic E-state index is 5.64. The first kappa shape index (κ1) is 13.6. The highest BCUT2D eigenvalue weighted by Crippen LogP contribution is 2.66. The molecule has 5 aliphatic rings. The van der Waals surface area contributed by atoms with Crippen LogP contribution < -0.4 is 0 Å². The van der Waals surface area contributed by atoms with Gasteiger partial charge < -0.3 is 4.74 Å². The molecule has 0 N–H and O–H groups in total. The summed E-state index contributed by atoms with van der Waals surface area (Å²) in [7, 11) is 1.52. The van der Waals surface area contributed by atoms with Gasteiger partial charge in [-0.05, 0) is 38.5 Å². The predicted molar refractivity (Wildman–Crippen MR) is 84.7 cm³/mol. The number of fused-ring (bicyclic) bond motifs is 1. The molecule has 0 amide bonds. The van der Waals surface area contributed by atoms with Crippen LogP contribution in [0.4, 0.5) is 0 Å². The van der Waals surface area contributed by atoms with Crippen LogP contribution in [0.1, 0.15) is 53.4 Å². The van der Waals surface area contributed by atoms with Crippen LogP contribution in [0, 0.1) is 11.8 Å². The third-order valence-corrected chi connectivity index (χ3v) is 7.42. The summed E-state index contributed by atoms with van der Waals surface area (Å²) in [4.78, 5) is 2.88. The molecule has 4 heterocycles. The fourth-order valence-electron chi connectivity index (χ4n) is 6.29. The van der Waals surface area contributed by atoms with E-state index in [4.69, 9.17) is 4.74 Å². The zero-order valence-corrected chi connectivity index (χ0v) is 13.7. The lowest BCUT2D eigenvalue weighted by atomic mass is 9.27. The van der Waals surface area contributed by atoms with E-state index in [2.05, 4.69) is 32.6 Å². The maximum Gasteiger partial charge on any atom is 0.132 e. The number of likely N-dealkylation sites (tertiary alicyclic amines) is 1. The fraction of sp³-hybridized carbons (Fsp3) is 1.00. The summed E-state index contributed by atoms with van der Waals surface area (Å²) in [5.41, 5.74) is 0.428. The molecule has 20 heavy (non-hydrogen) atoms. The van der Waals surface area contributed by atoms with E-state index < -0.39 is 0 Å². The van der Waals surface area contributed by atoms with Crippen LogP contribution in [0.2, 0.25) is 11.1 Å². The van der Waals surface area contributed by atoms with Gasteiger partial charge >= 0.3 is 0 Å². The number of nitrogens with zero attached hydrogens (tertiary/aromatic N) is 1. The predicted octanol–water partition coefficient (Wildman–Crippen LogP) is 3.09. The van der Waals surface area contributed by atoms with Gasteiger partial charge in [0.1, 0.15) is 7.28 Å². The Balaban J connectivity index is 1.61. The van der Waals surface area contributed by atoms with Gasteiger partial charge in [0.05, 0.1) is 18.8 Å². The van der Waals surface area contributed by atoms with Gasteiger partial charge in [-0.1, -0.05) is 37.8 Å². The molecular weight excluding hydrogens is 245 g/mol. The summed E-state index contributed by atoms with van der Waals surface area (Å²) in [5, 5.41) is 0.709. The molecule has 2 nitrogen and oxygen atoms in total. The molecule has 0 aromatic heterocycles. The lowest BCUT2D eigenvalue weighted by Crippen LogP contribution is -2.62. The third kappa shape index (κ3) is 1.60. The summed E-state index contributed by atoms with van der Waals surface area (Å²) < 4.78 is 5.64. The molecule has 1 aliphatic carbocycles. The van der Waals surface area contributed by atoms with Crippen molar-refractivity contribution in [1.82, 2.24) is 4.90 Å². The molecule has 5 rings (SSSR count). The Hall–Kier alpha value is -0.0151. The Morgan fingerprint density at radius 3 is 2.35 bits per heavy atom. The largest absolute Gasteiger partial charge is 0.377 e. The minimum Gasteiger partial charge on any atom is -0.377 e. The van der Waals surface area contributed by atoms with Crippen LogP contribution in [0.15, 0.2) is 0 Å². The quantitative estimate of drug-likeness (QED) is 0.718. The average molecular weight is 275 g/mol. The molecule has 1 saturated carbocycles. The molecule has 112 valence electrons. The van der Waals surface area contributed by atoms with Gasteiger partial charge in [-0.15, -0.1) is 0 Å². The van der Waals surface area contributed by atoms with Gasteiger partial charge in [-0.3, -0.25) is 4.90 Å². The number of rotatable bonds is 2. The molecule has 5 fully saturated rings. The van der Waals surface area contributed by atoms with E-state index in [0.717, 1.165) is 36.9 Å². The topological polar surface area (TPSA) is 12.5 Å². The van der Waals surface area contributed by atoms with E-state index in [-0.39, 0.29) is 0 Å². The van der Waals surface area contributed by atoms with Crippen LogP contribution >= 0.6 is 0 Å². The number of hydrogen-bond acceptors (Lipinski definition) is 2.